The van der Waals surface area contributed by atoms with E-state index < -0.39 is 0 Å². The summed E-state index contributed by atoms with van der Waals surface area (Å²) >= 11 is 0. The van der Waals surface area contributed by atoms with Crippen molar-refractivity contribution in [2.75, 3.05) is 0 Å². The Kier molecular flexibility index (Phi) is 2.53. The van der Waals surface area contributed by atoms with Gasteiger partial charge in [0.1, 0.15) is 6.29 Å². The maximum absolute atomic E-state index is 10.5. The monoisotopic (exact) mass is 164 g/mol. The van der Waals surface area contributed by atoms with Gasteiger partial charge < -0.3 is 4.79 Å². The molecule has 0 saturated heterocycles. The molecular formula is C9H12N2O. The van der Waals surface area contributed by atoms with Gasteiger partial charge in [-0.1, -0.05) is 6.92 Å². The third kappa shape index (κ3) is 1.67. The lowest BCUT2D eigenvalue weighted by atomic mass is 10.1. The van der Waals surface area contributed by atoms with Crippen LogP contribution in [0, 0.1) is 13.8 Å². The SMILES string of the molecule is Cc1cnc(C(C)C=O)c(C)n1. The van der Waals surface area contributed by atoms with Crippen LogP contribution in [0.15, 0.2) is 6.20 Å². The molecule has 1 unspecified atom stereocenters. The van der Waals surface area contributed by atoms with Gasteiger partial charge in [-0.25, -0.2) is 0 Å². The van der Waals surface area contributed by atoms with Crippen molar-refractivity contribution in [3.8, 4) is 0 Å². The molecule has 1 rings (SSSR count). The first-order valence-corrected chi connectivity index (χ1v) is 3.90. The predicted octanol–water partition coefficient (Wildman–Crippen LogP) is 1.40. The molecular weight excluding hydrogens is 152 g/mol. The van der Waals surface area contributed by atoms with Crippen LogP contribution >= 0.6 is 0 Å². The van der Waals surface area contributed by atoms with Crippen LogP contribution in [0.5, 0.6) is 0 Å². The summed E-state index contributed by atoms with van der Waals surface area (Å²) in [5, 5.41) is 0. The molecule has 1 heterocycles. The fraction of sp³-hybridized carbons (Fsp3) is 0.444. The molecule has 0 fully saturated rings. The molecule has 0 saturated carbocycles. The molecule has 0 amide bonds. The highest BCUT2D eigenvalue weighted by molar-refractivity contribution is 5.60. The Bertz CT molecular complexity index is 297. The van der Waals surface area contributed by atoms with Gasteiger partial charge in [0, 0.05) is 6.20 Å². The van der Waals surface area contributed by atoms with Gasteiger partial charge in [0.15, 0.2) is 0 Å². The largest absolute Gasteiger partial charge is 0.303 e. The van der Waals surface area contributed by atoms with E-state index in [0.717, 1.165) is 23.4 Å². The topological polar surface area (TPSA) is 42.9 Å². The first-order valence-electron chi connectivity index (χ1n) is 3.90. The van der Waals surface area contributed by atoms with Crippen molar-refractivity contribution in [3.63, 3.8) is 0 Å². The standard InChI is InChI=1S/C9H12N2O/c1-6(5-12)9-8(3)11-7(2)4-10-9/h4-6H,1-3H3. The second kappa shape index (κ2) is 3.43. The molecule has 0 spiro atoms. The van der Waals surface area contributed by atoms with Crippen LogP contribution in [0.1, 0.15) is 29.9 Å². The first-order chi connectivity index (χ1) is 5.65. The Labute approximate surface area is 71.9 Å². The van der Waals surface area contributed by atoms with Gasteiger partial charge in [-0.3, -0.25) is 9.97 Å². The van der Waals surface area contributed by atoms with E-state index in [1.54, 1.807) is 6.20 Å². The number of aldehydes is 1. The number of hydrogen-bond acceptors (Lipinski definition) is 3. The Morgan fingerprint density at radius 2 is 2.17 bits per heavy atom. The summed E-state index contributed by atoms with van der Waals surface area (Å²) in [5.74, 6) is -0.155. The van der Waals surface area contributed by atoms with Gasteiger partial charge in [0.2, 0.25) is 0 Å². The summed E-state index contributed by atoms with van der Waals surface area (Å²) in [7, 11) is 0. The number of nitrogens with zero attached hydrogens (tertiary/aromatic N) is 2. The average Bonchev–Trinajstić information content (AvgIpc) is 2.03. The van der Waals surface area contributed by atoms with Crippen LogP contribution in [0.2, 0.25) is 0 Å². The minimum absolute atomic E-state index is 0.155. The Hall–Kier alpha value is -1.25. The summed E-state index contributed by atoms with van der Waals surface area (Å²) in [6.07, 6.45) is 2.56. The zero-order chi connectivity index (χ0) is 9.14. The van der Waals surface area contributed by atoms with Crippen LogP contribution < -0.4 is 0 Å². The van der Waals surface area contributed by atoms with Gasteiger partial charge in [-0.05, 0) is 13.8 Å². The van der Waals surface area contributed by atoms with Gasteiger partial charge in [-0.15, -0.1) is 0 Å². The van der Waals surface area contributed by atoms with Crippen molar-refractivity contribution in [2.45, 2.75) is 26.7 Å². The maximum Gasteiger partial charge on any atom is 0.128 e. The van der Waals surface area contributed by atoms with E-state index >= 15 is 0 Å². The lowest BCUT2D eigenvalue weighted by molar-refractivity contribution is -0.108. The van der Waals surface area contributed by atoms with E-state index in [4.69, 9.17) is 0 Å². The van der Waals surface area contributed by atoms with E-state index in [-0.39, 0.29) is 5.92 Å². The molecule has 0 aromatic carbocycles. The van der Waals surface area contributed by atoms with E-state index in [0.29, 0.717) is 0 Å². The third-order valence-corrected chi connectivity index (χ3v) is 1.74. The van der Waals surface area contributed by atoms with E-state index in [1.807, 2.05) is 20.8 Å². The fourth-order valence-corrected chi connectivity index (χ4v) is 1.12. The highest BCUT2D eigenvalue weighted by atomic mass is 16.1. The highest BCUT2D eigenvalue weighted by Gasteiger charge is 2.09. The van der Waals surface area contributed by atoms with E-state index in [2.05, 4.69) is 9.97 Å². The molecule has 12 heavy (non-hydrogen) atoms. The smallest absolute Gasteiger partial charge is 0.128 e. The quantitative estimate of drug-likeness (QED) is 0.620. The number of aryl methyl sites for hydroxylation is 2. The van der Waals surface area contributed by atoms with Crippen molar-refractivity contribution in [1.29, 1.82) is 0 Å². The summed E-state index contributed by atoms with van der Waals surface area (Å²) < 4.78 is 0. The van der Waals surface area contributed by atoms with Crippen LogP contribution in [0.4, 0.5) is 0 Å². The molecule has 0 bridgehead atoms. The van der Waals surface area contributed by atoms with E-state index in [9.17, 15) is 4.79 Å². The molecule has 0 aliphatic rings. The van der Waals surface area contributed by atoms with Crippen molar-refractivity contribution < 1.29 is 4.79 Å². The number of carbonyl (C=O) groups is 1. The van der Waals surface area contributed by atoms with Gasteiger partial charge in [0.25, 0.3) is 0 Å². The molecule has 0 aliphatic heterocycles. The molecule has 3 nitrogen and oxygen atoms in total. The lowest BCUT2D eigenvalue weighted by Crippen LogP contribution is -2.03. The zero-order valence-corrected chi connectivity index (χ0v) is 7.53. The zero-order valence-electron chi connectivity index (χ0n) is 7.53. The van der Waals surface area contributed by atoms with Crippen molar-refractivity contribution in [1.82, 2.24) is 9.97 Å². The van der Waals surface area contributed by atoms with Crippen LogP contribution in [-0.2, 0) is 4.79 Å². The molecule has 1 aromatic rings. The van der Waals surface area contributed by atoms with Crippen molar-refractivity contribution >= 4 is 6.29 Å². The summed E-state index contributed by atoms with van der Waals surface area (Å²) in [4.78, 5) is 18.9. The van der Waals surface area contributed by atoms with Crippen LogP contribution in [-0.4, -0.2) is 16.3 Å². The second-order valence-corrected chi connectivity index (χ2v) is 2.91. The number of hydrogen-bond donors (Lipinski definition) is 0. The summed E-state index contributed by atoms with van der Waals surface area (Å²) in [6, 6.07) is 0. The summed E-state index contributed by atoms with van der Waals surface area (Å²) in [5.41, 5.74) is 2.50. The molecule has 64 valence electrons. The number of aromatic nitrogens is 2. The molecule has 1 aromatic heterocycles. The normalized spacial score (nSPS) is 12.6. The summed E-state index contributed by atoms with van der Waals surface area (Å²) in [6.45, 7) is 5.57. The van der Waals surface area contributed by atoms with Crippen molar-refractivity contribution in [2.24, 2.45) is 0 Å². The van der Waals surface area contributed by atoms with Gasteiger partial charge in [0.05, 0.1) is 23.0 Å². The second-order valence-electron chi connectivity index (χ2n) is 2.91. The molecule has 1 atom stereocenters. The Morgan fingerprint density at radius 3 is 2.67 bits per heavy atom. The lowest BCUT2D eigenvalue weighted by Gasteiger charge is -2.06. The van der Waals surface area contributed by atoms with Gasteiger partial charge >= 0.3 is 0 Å². The maximum atomic E-state index is 10.5. The fourth-order valence-electron chi connectivity index (χ4n) is 1.12. The molecule has 3 heteroatoms. The first kappa shape index (κ1) is 8.84. The minimum Gasteiger partial charge on any atom is -0.303 e. The van der Waals surface area contributed by atoms with Crippen LogP contribution in [0.3, 0.4) is 0 Å². The average molecular weight is 164 g/mol. The molecule has 0 radical (unpaired) electrons. The predicted molar refractivity (Wildman–Crippen MR) is 46.0 cm³/mol. The van der Waals surface area contributed by atoms with Gasteiger partial charge in [-0.2, -0.15) is 0 Å². The number of rotatable bonds is 2. The Morgan fingerprint density at radius 1 is 1.50 bits per heavy atom. The number of carbonyl (C=O) groups excluding carboxylic acids is 1. The van der Waals surface area contributed by atoms with Crippen LogP contribution in [0.25, 0.3) is 0 Å². The van der Waals surface area contributed by atoms with E-state index in [1.165, 1.54) is 0 Å². The third-order valence-electron chi connectivity index (χ3n) is 1.74. The molecule has 0 aliphatic carbocycles. The van der Waals surface area contributed by atoms with Crippen molar-refractivity contribution in [3.05, 3.63) is 23.3 Å². The minimum atomic E-state index is -0.155. The Balaban J connectivity index is 3.09. The highest BCUT2D eigenvalue weighted by Crippen LogP contribution is 2.12. The molecule has 0 N–H and O–H groups in total.